The van der Waals surface area contributed by atoms with Crippen LogP contribution in [-0.4, -0.2) is 10.1 Å². The number of pyridine rings is 1. The smallest absolute Gasteiger partial charge is 0.0831 e. The number of nitrogens with two attached hydrogens (primary N) is 1. The molecular formula is C13H14N2O. The summed E-state index contributed by atoms with van der Waals surface area (Å²) in [4.78, 5) is 3.94. The van der Waals surface area contributed by atoms with Crippen LogP contribution >= 0.6 is 0 Å². The largest absolute Gasteiger partial charge is 0.399 e. The molecule has 1 atom stereocenters. The third-order valence-corrected chi connectivity index (χ3v) is 2.47. The molecule has 0 radical (unpaired) electrons. The van der Waals surface area contributed by atoms with Gasteiger partial charge in [0.15, 0.2) is 0 Å². The molecule has 0 saturated heterocycles. The predicted molar refractivity (Wildman–Crippen MR) is 63.8 cm³/mol. The van der Waals surface area contributed by atoms with Gasteiger partial charge in [0.25, 0.3) is 0 Å². The van der Waals surface area contributed by atoms with Gasteiger partial charge in [-0.1, -0.05) is 12.1 Å². The highest BCUT2D eigenvalue weighted by molar-refractivity contribution is 5.41. The Morgan fingerprint density at radius 2 is 1.94 bits per heavy atom. The normalized spacial score (nSPS) is 12.3. The van der Waals surface area contributed by atoms with Crippen LogP contribution in [0, 0.1) is 0 Å². The second-order valence-corrected chi connectivity index (χ2v) is 3.75. The minimum Gasteiger partial charge on any atom is -0.399 e. The zero-order valence-electron chi connectivity index (χ0n) is 8.88. The van der Waals surface area contributed by atoms with Crippen LogP contribution < -0.4 is 5.73 Å². The summed E-state index contributed by atoms with van der Waals surface area (Å²) in [5.74, 6) is 0. The van der Waals surface area contributed by atoms with Crippen molar-refractivity contribution in [2.24, 2.45) is 0 Å². The Morgan fingerprint density at radius 1 is 1.19 bits per heavy atom. The number of benzene rings is 1. The van der Waals surface area contributed by atoms with Crippen LogP contribution in [0.3, 0.4) is 0 Å². The summed E-state index contributed by atoms with van der Waals surface area (Å²) in [7, 11) is 0. The maximum atomic E-state index is 10.0. The van der Waals surface area contributed by atoms with E-state index in [-0.39, 0.29) is 0 Å². The SMILES string of the molecule is Nc1cccc(C(O)Cc2ccncc2)c1. The van der Waals surface area contributed by atoms with E-state index in [0.717, 1.165) is 11.1 Å². The Bertz CT molecular complexity index is 456. The maximum absolute atomic E-state index is 10.0. The van der Waals surface area contributed by atoms with Crippen molar-refractivity contribution in [1.29, 1.82) is 0 Å². The van der Waals surface area contributed by atoms with Crippen LogP contribution in [0.4, 0.5) is 5.69 Å². The van der Waals surface area contributed by atoms with Crippen molar-refractivity contribution in [3.8, 4) is 0 Å². The summed E-state index contributed by atoms with van der Waals surface area (Å²) < 4.78 is 0. The lowest BCUT2D eigenvalue weighted by molar-refractivity contribution is 0.178. The van der Waals surface area contributed by atoms with Gasteiger partial charge in [0.05, 0.1) is 6.10 Å². The van der Waals surface area contributed by atoms with Crippen LogP contribution in [0.2, 0.25) is 0 Å². The Morgan fingerprint density at radius 3 is 2.62 bits per heavy atom. The zero-order chi connectivity index (χ0) is 11.4. The highest BCUT2D eigenvalue weighted by atomic mass is 16.3. The summed E-state index contributed by atoms with van der Waals surface area (Å²) in [6, 6.07) is 11.1. The van der Waals surface area contributed by atoms with Gasteiger partial charge in [-0.05, 0) is 35.4 Å². The number of hydrogen-bond acceptors (Lipinski definition) is 3. The second-order valence-electron chi connectivity index (χ2n) is 3.75. The molecule has 0 aliphatic heterocycles. The molecule has 82 valence electrons. The minimum absolute atomic E-state index is 0.522. The number of nitrogens with zero attached hydrogens (tertiary/aromatic N) is 1. The molecule has 16 heavy (non-hydrogen) atoms. The minimum atomic E-state index is -0.522. The number of aliphatic hydroxyl groups is 1. The summed E-state index contributed by atoms with van der Waals surface area (Å²) in [6.07, 6.45) is 3.50. The molecule has 1 aromatic carbocycles. The van der Waals surface area contributed by atoms with E-state index in [1.807, 2.05) is 30.3 Å². The number of rotatable bonds is 3. The lowest BCUT2D eigenvalue weighted by atomic mass is 10.0. The standard InChI is InChI=1S/C13H14N2O/c14-12-3-1-2-11(9-12)13(16)8-10-4-6-15-7-5-10/h1-7,9,13,16H,8,14H2. The van der Waals surface area contributed by atoms with Gasteiger partial charge in [0, 0.05) is 24.5 Å². The van der Waals surface area contributed by atoms with Crippen molar-refractivity contribution in [2.75, 3.05) is 5.73 Å². The Hall–Kier alpha value is -1.87. The van der Waals surface area contributed by atoms with Gasteiger partial charge in [-0.3, -0.25) is 4.98 Å². The molecule has 3 heteroatoms. The fraction of sp³-hybridized carbons (Fsp3) is 0.154. The van der Waals surface area contributed by atoms with Crippen LogP contribution in [-0.2, 0) is 6.42 Å². The van der Waals surface area contributed by atoms with Crippen LogP contribution in [0.5, 0.6) is 0 Å². The van der Waals surface area contributed by atoms with Gasteiger partial charge in [-0.15, -0.1) is 0 Å². The van der Waals surface area contributed by atoms with E-state index in [4.69, 9.17) is 5.73 Å². The van der Waals surface area contributed by atoms with E-state index in [1.54, 1.807) is 18.5 Å². The summed E-state index contributed by atoms with van der Waals surface area (Å²) in [5, 5.41) is 10.0. The fourth-order valence-electron chi connectivity index (χ4n) is 1.63. The fourth-order valence-corrected chi connectivity index (χ4v) is 1.63. The molecule has 1 aromatic heterocycles. The summed E-state index contributed by atoms with van der Waals surface area (Å²) >= 11 is 0. The topological polar surface area (TPSA) is 59.1 Å². The molecule has 1 heterocycles. The summed E-state index contributed by atoms with van der Waals surface area (Å²) in [5.41, 5.74) is 8.25. The van der Waals surface area contributed by atoms with Crippen molar-refractivity contribution < 1.29 is 5.11 Å². The van der Waals surface area contributed by atoms with E-state index in [9.17, 15) is 5.11 Å². The van der Waals surface area contributed by atoms with Crippen molar-refractivity contribution in [3.63, 3.8) is 0 Å². The quantitative estimate of drug-likeness (QED) is 0.768. The molecule has 3 N–H and O–H groups in total. The zero-order valence-corrected chi connectivity index (χ0v) is 8.88. The van der Waals surface area contributed by atoms with E-state index in [1.165, 1.54) is 0 Å². The van der Waals surface area contributed by atoms with Gasteiger partial charge in [0.1, 0.15) is 0 Å². The molecule has 0 fully saturated rings. The van der Waals surface area contributed by atoms with E-state index in [2.05, 4.69) is 4.98 Å². The second kappa shape index (κ2) is 4.77. The Balaban J connectivity index is 2.12. The lowest BCUT2D eigenvalue weighted by Crippen LogP contribution is -2.02. The Labute approximate surface area is 94.6 Å². The molecule has 0 spiro atoms. The molecule has 0 amide bonds. The average Bonchev–Trinajstić information content (AvgIpc) is 2.30. The van der Waals surface area contributed by atoms with Gasteiger partial charge in [-0.25, -0.2) is 0 Å². The first-order valence-electron chi connectivity index (χ1n) is 5.18. The first-order valence-corrected chi connectivity index (χ1v) is 5.18. The third-order valence-electron chi connectivity index (χ3n) is 2.47. The molecule has 1 unspecified atom stereocenters. The van der Waals surface area contributed by atoms with Crippen LogP contribution in [0.1, 0.15) is 17.2 Å². The molecular weight excluding hydrogens is 200 g/mol. The molecule has 2 aromatic rings. The number of nitrogen functional groups attached to an aromatic ring is 1. The first kappa shape index (κ1) is 10.6. The van der Waals surface area contributed by atoms with E-state index >= 15 is 0 Å². The molecule has 0 aliphatic rings. The van der Waals surface area contributed by atoms with Crippen molar-refractivity contribution in [2.45, 2.75) is 12.5 Å². The van der Waals surface area contributed by atoms with E-state index < -0.39 is 6.10 Å². The lowest BCUT2D eigenvalue weighted by Gasteiger charge is -2.11. The monoisotopic (exact) mass is 214 g/mol. The van der Waals surface area contributed by atoms with Gasteiger partial charge >= 0.3 is 0 Å². The van der Waals surface area contributed by atoms with Crippen molar-refractivity contribution in [1.82, 2.24) is 4.98 Å². The van der Waals surface area contributed by atoms with Crippen LogP contribution in [0.15, 0.2) is 48.8 Å². The molecule has 2 rings (SSSR count). The number of anilines is 1. The number of hydrogen-bond donors (Lipinski definition) is 2. The highest BCUT2D eigenvalue weighted by Crippen LogP contribution is 2.19. The number of aliphatic hydroxyl groups excluding tert-OH is 1. The van der Waals surface area contributed by atoms with E-state index in [0.29, 0.717) is 12.1 Å². The molecule has 0 bridgehead atoms. The van der Waals surface area contributed by atoms with Crippen molar-refractivity contribution >= 4 is 5.69 Å². The van der Waals surface area contributed by atoms with Gasteiger partial charge < -0.3 is 10.8 Å². The highest BCUT2D eigenvalue weighted by Gasteiger charge is 2.08. The Kier molecular flexibility index (Phi) is 3.17. The summed E-state index contributed by atoms with van der Waals surface area (Å²) in [6.45, 7) is 0. The maximum Gasteiger partial charge on any atom is 0.0831 e. The number of aromatic nitrogens is 1. The first-order chi connectivity index (χ1) is 7.75. The third kappa shape index (κ3) is 2.58. The predicted octanol–water partition coefficient (Wildman–Crippen LogP) is 1.94. The molecule has 3 nitrogen and oxygen atoms in total. The van der Waals surface area contributed by atoms with Gasteiger partial charge in [-0.2, -0.15) is 0 Å². The average molecular weight is 214 g/mol. The van der Waals surface area contributed by atoms with Gasteiger partial charge in [0.2, 0.25) is 0 Å². The molecule has 0 aliphatic carbocycles. The van der Waals surface area contributed by atoms with Crippen LogP contribution in [0.25, 0.3) is 0 Å². The molecule has 0 saturated carbocycles. The van der Waals surface area contributed by atoms with Crippen molar-refractivity contribution in [3.05, 3.63) is 59.9 Å².